The molecule has 1 N–H and O–H groups in total. The van der Waals surface area contributed by atoms with Crippen molar-refractivity contribution in [3.63, 3.8) is 0 Å². The Balaban J connectivity index is 1.61. The predicted octanol–water partition coefficient (Wildman–Crippen LogP) is 0.886. The molecule has 0 saturated carbocycles. The molecule has 1 aliphatic heterocycles. The minimum absolute atomic E-state index is 0.0878. The SMILES string of the molecule is Cc1nnnn1CCCn1nc(C2CCCNC2)n(-c2ccccc2)c1=O. The van der Waals surface area contributed by atoms with Crippen LogP contribution in [0.4, 0.5) is 0 Å². The van der Waals surface area contributed by atoms with E-state index in [4.69, 9.17) is 5.10 Å². The highest BCUT2D eigenvalue weighted by Gasteiger charge is 2.24. The van der Waals surface area contributed by atoms with Crippen LogP contribution in [-0.2, 0) is 13.1 Å². The molecule has 27 heavy (non-hydrogen) atoms. The lowest BCUT2D eigenvalue weighted by Crippen LogP contribution is -2.31. The summed E-state index contributed by atoms with van der Waals surface area (Å²) in [4.78, 5) is 13.1. The van der Waals surface area contributed by atoms with E-state index in [1.165, 1.54) is 0 Å². The first-order valence-electron chi connectivity index (χ1n) is 9.42. The Morgan fingerprint density at radius 1 is 1.19 bits per heavy atom. The van der Waals surface area contributed by atoms with Gasteiger partial charge in [0.05, 0.1) is 5.69 Å². The number of benzene rings is 1. The maximum atomic E-state index is 13.1. The van der Waals surface area contributed by atoms with Crippen LogP contribution in [0.1, 0.15) is 36.8 Å². The lowest BCUT2D eigenvalue weighted by atomic mass is 9.99. The van der Waals surface area contributed by atoms with Crippen LogP contribution in [0.25, 0.3) is 5.69 Å². The molecule has 142 valence electrons. The molecule has 3 aromatic rings. The molecule has 3 heterocycles. The van der Waals surface area contributed by atoms with Crippen LogP contribution in [0, 0.1) is 6.92 Å². The molecule has 1 unspecified atom stereocenters. The van der Waals surface area contributed by atoms with Crippen molar-refractivity contribution in [3.05, 3.63) is 52.5 Å². The Hall–Kier alpha value is -2.81. The smallest absolute Gasteiger partial charge is 0.316 e. The third-order valence-corrected chi connectivity index (χ3v) is 4.99. The number of hydrogen-bond donors (Lipinski definition) is 1. The highest BCUT2D eigenvalue weighted by atomic mass is 16.2. The van der Waals surface area contributed by atoms with E-state index in [9.17, 15) is 4.79 Å². The van der Waals surface area contributed by atoms with Gasteiger partial charge < -0.3 is 5.32 Å². The highest BCUT2D eigenvalue weighted by molar-refractivity contribution is 5.33. The zero-order chi connectivity index (χ0) is 18.6. The van der Waals surface area contributed by atoms with E-state index in [1.54, 1.807) is 13.9 Å². The third kappa shape index (κ3) is 3.68. The molecular weight excluding hydrogens is 344 g/mol. The number of aryl methyl sites for hydroxylation is 3. The average molecular weight is 368 g/mol. The maximum absolute atomic E-state index is 13.1. The van der Waals surface area contributed by atoms with Crippen molar-refractivity contribution < 1.29 is 0 Å². The maximum Gasteiger partial charge on any atom is 0.350 e. The van der Waals surface area contributed by atoms with Crippen LogP contribution in [-0.4, -0.2) is 47.6 Å². The van der Waals surface area contributed by atoms with E-state index in [1.807, 2.05) is 37.3 Å². The molecule has 4 rings (SSSR count). The number of nitrogens with zero attached hydrogens (tertiary/aromatic N) is 7. The Morgan fingerprint density at radius 2 is 2.00 bits per heavy atom. The molecule has 1 aliphatic rings. The first kappa shape index (κ1) is 17.6. The summed E-state index contributed by atoms with van der Waals surface area (Å²) >= 11 is 0. The van der Waals surface area contributed by atoms with Crippen molar-refractivity contribution in [2.24, 2.45) is 0 Å². The molecule has 1 aromatic carbocycles. The van der Waals surface area contributed by atoms with E-state index < -0.39 is 0 Å². The molecule has 0 bridgehead atoms. The fraction of sp³-hybridized carbons (Fsp3) is 0.500. The molecule has 9 heteroatoms. The average Bonchev–Trinajstić information content (AvgIpc) is 3.26. The van der Waals surface area contributed by atoms with Gasteiger partial charge >= 0.3 is 5.69 Å². The van der Waals surface area contributed by atoms with Crippen LogP contribution in [0.5, 0.6) is 0 Å². The number of rotatable bonds is 6. The van der Waals surface area contributed by atoms with Gasteiger partial charge in [-0.2, -0.15) is 5.10 Å². The lowest BCUT2D eigenvalue weighted by Gasteiger charge is -2.22. The minimum Gasteiger partial charge on any atom is -0.316 e. The van der Waals surface area contributed by atoms with Crippen molar-refractivity contribution >= 4 is 0 Å². The van der Waals surface area contributed by atoms with Crippen molar-refractivity contribution in [2.75, 3.05) is 13.1 Å². The topological polar surface area (TPSA) is 95.4 Å². The van der Waals surface area contributed by atoms with Crippen LogP contribution >= 0.6 is 0 Å². The molecule has 0 radical (unpaired) electrons. The van der Waals surface area contributed by atoms with E-state index in [2.05, 4.69) is 20.8 Å². The summed E-state index contributed by atoms with van der Waals surface area (Å²) < 4.78 is 5.09. The van der Waals surface area contributed by atoms with E-state index in [0.29, 0.717) is 13.1 Å². The molecule has 0 amide bonds. The number of hydrogen-bond acceptors (Lipinski definition) is 6. The Labute approximate surface area is 157 Å². The monoisotopic (exact) mass is 368 g/mol. The first-order valence-corrected chi connectivity index (χ1v) is 9.42. The van der Waals surface area contributed by atoms with Gasteiger partial charge in [0.2, 0.25) is 0 Å². The molecule has 0 aliphatic carbocycles. The van der Waals surface area contributed by atoms with Crippen molar-refractivity contribution in [2.45, 2.75) is 45.2 Å². The summed E-state index contributed by atoms with van der Waals surface area (Å²) in [6.45, 7) is 4.94. The number of aromatic nitrogens is 7. The zero-order valence-corrected chi connectivity index (χ0v) is 15.5. The van der Waals surface area contributed by atoms with E-state index >= 15 is 0 Å². The Morgan fingerprint density at radius 3 is 2.70 bits per heavy atom. The Bertz CT molecular complexity index is 936. The van der Waals surface area contributed by atoms with Gasteiger partial charge in [-0.1, -0.05) is 18.2 Å². The minimum atomic E-state index is -0.0878. The van der Waals surface area contributed by atoms with Gasteiger partial charge in [-0.3, -0.25) is 0 Å². The van der Waals surface area contributed by atoms with Crippen molar-refractivity contribution in [1.29, 1.82) is 0 Å². The fourth-order valence-electron chi connectivity index (χ4n) is 3.55. The highest BCUT2D eigenvalue weighted by Crippen LogP contribution is 2.22. The summed E-state index contributed by atoms with van der Waals surface area (Å²) in [6.07, 6.45) is 2.87. The summed E-state index contributed by atoms with van der Waals surface area (Å²) in [5.41, 5.74) is 0.779. The van der Waals surface area contributed by atoms with Crippen molar-refractivity contribution in [3.8, 4) is 5.69 Å². The van der Waals surface area contributed by atoms with Gasteiger partial charge in [-0.25, -0.2) is 18.7 Å². The predicted molar refractivity (Wildman–Crippen MR) is 99.8 cm³/mol. The van der Waals surface area contributed by atoms with Gasteiger partial charge in [0.1, 0.15) is 11.6 Å². The second-order valence-electron chi connectivity index (χ2n) is 6.88. The van der Waals surface area contributed by atoms with Crippen LogP contribution in [0.2, 0.25) is 0 Å². The summed E-state index contributed by atoms with van der Waals surface area (Å²) in [5, 5.41) is 19.6. The number of nitrogens with one attached hydrogen (secondary N) is 1. The molecule has 1 atom stereocenters. The number of para-hydroxylation sites is 1. The molecular formula is C18H24N8O. The lowest BCUT2D eigenvalue weighted by molar-refractivity contribution is 0.435. The molecule has 1 saturated heterocycles. The number of tetrazole rings is 1. The molecule has 1 fully saturated rings. The number of piperidine rings is 1. The van der Waals surface area contributed by atoms with Gasteiger partial charge in [0, 0.05) is 25.6 Å². The molecule has 0 spiro atoms. The first-order chi connectivity index (χ1) is 13.2. The third-order valence-electron chi connectivity index (χ3n) is 4.99. The van der Waals surface area contributed by atoms with E-state index in [-0.39, 0.29) is 11.6 Å². The van der Waals surface area contributed by atoms with Crippen LogP contribution < -0.4 is 11.0 Å². The normalized spacial score (nSPS) is 17.3. The fourth-order valence-corrected chi connectivity index (χ4v) is 3.55. The van der Waals surface area contributed by atoms with Gasteiger partial charge in [0.25, 0.3) is 0 Å². The van der Waals surface area contributed by atoms with E-state index in [0.717, 1.165) is 49.7 Å². The second kappa shape index (κ2) is 7.83. The molecule has 9 nitrogen and oxygen atoms in total. The summed E-state index contributed by atoms with van der Waals surface area (Å²) in [5.74, 6) is 1.86. The standard InChI is InChI=1S/C18H24N8O/c1-14-20-22-23-24(14)11-6-12-25-18(27)26(16-8-3-2-4-9-16)17(21-25)15-7-5-10-19-13-15/h2-4,8-9,15,19H,5-7,10-13H2,1H3. The van der Waals surface area contributed by atoms with Crippen LogP contribution in [0.15, 0.2) is 35.1 Å². The quantitative estimate of drug-likeness (QED) is 0.694. The van der Waals surface area contributed by atoms with Gasteiger partial charge in [-0.15, -0.1) is 5.10 Å². The van der Waals surface area contributed by atoms with Crippen molar-refractivity contribution in [1.82, 2.24) is 39.9 Å². The Kier molecular flexibility index (Phi) is 5.10. The molecule has 2 aromatic heterocycles. The van der Waals surface area contributed by atoms with Gasteiger partial charge in [-0.05, 0) is 55.3 Å². The largest absolute Gasteiger partial charge is 0.350 e. The summed E-state index contributed by atoms with van der Waals surface area (Å²) in [6, 6.07) is 9.76. The van der Waals surface area contributed by atoms with Gasteiger partial charge in [0.15, 0.2) is 0 Å². The zero-order valence-electron chi connectivity index (χ0n) is 15.5. The summed E-state index contributed by atoms with van der Waals surface area (Å²) in [7, 11) is 0. The second-order valence-corrected chi connectivity index (χ2v) is 6.88. The van der Waals surface area contributed by atoms with Crippen LogP contribution in [0.3, 0.4) is 0 Å².